The van der Waals surface area contributed by atoms with Gasteiger partial charge in [-0.25, -0.2) is 0 Å². The molecule has 0 heterocycles. The van der Waals surface area contributed by atoms with E-state index in [1.165, 1.54) is 0 Å². The summed E-state index contributed by atoms with van der Waals surface area (Å²) in [7, 11) is 1.00. The molecular formula is CH9ClO3. The Morgan fingerprint density at radius 1 is 1.00 bits per heavy atom. The highest BCUT2D eigenvalue weighted by atomic mass is 35.5. The van der Waals surface area contributed by atoms with E-state index in [0.29, 0.717) is 0 Å². The second kappa shape index (κ2) is 1450. The summed E-state index contributed by atoms with van der Waals surface area (Å²) in [6.45, 7) is 0. The van der Waals surface area contributed by atoms with Crippen LogP contribution < -0.4 is 0 Å². The van der Waals surface area contributed by atoms with Gasteiger partial charge in [0.25, 0.3) is 0 Å². The molecule has 0 rings (SSSR count). The monoisotopic (exact) mass is 104 g/mol. The van der Waals surface area contributed by atoms with Crippen LogP contribution in [0.5, 0.6) is 0 Å². The van der Waals surface area contributed by atoms with E-state index in [4.69, 9.17) is 5.11 Å². The summed E-state index contributed by atoms with van der Waals surface area (Å²) in [5.74, 6) is 0. The van der Waals surface area contributed by atoms with E-state index < -0.39 is 0 Å². The van der Waals surface area contributed by atoms with Gasteiger partial charge in [0.2, 0.25) is 0 Å². The van der Waals surface area contributed by atoms with Crippen molar-refractivity contribution in [2.75, 3.05) is 7.11 Å². The van der Waals surface area contributed by atoms with Gasteiger partial charge < -0.3 is 16.1 Å². The van der Waals surface area contributed by atoms with Crippen molar-refractivity contribution < 1.29 is 16.1 Å². The van der Waals surface area contributed by atoms with E-state index in [-0.39, 0.29) is 23.4 Å². The van der Waals surface area contributed by atoms with Crippen molar-refractivity contribution in [1.82, 2.24) is 0 Å². The SMILES string of the molecule is CO.Cl.O.O. The molecule has 0 aromatic rings. The standard InChI is InChI=1S/CH4O.ClH.2H2O/c1-2;;;/h2H,1H3;1H;2*1H2. The molecular weight excluding hydrogens is 95.5 g/mol. The van der Waals surface area contributed by atoms with Crippen LogP contribution >= 0.6 is 12.4 Å². The van der Waals surface area contributed by atoms with Gasteiger partial charge in [0.15, 0.2) is 0 Å². The molecule has 0 bridgehead atoms. The van der Waals surface area contributed by atoms with Crippen molar-refractivity contribution in [3.8, 4) is 0 Å². The predicted molar refractivity (Wildman–Crippen MR) is 22.6 cm³/mol. The second-order valence-corrected chi connectivity index (χ2v) is 0. The van der Waals surface area contributed by atoms with E-state index in [9.17, 15) is 0 Å². The number of hydrogen-bond acceptors (Lipinski definition) is 1. The minimum absolute atomic E-state index is 0. The molecule has 0 aliphatic carbocycles. The fraction of sp³-hybridized carbons (Fsp3) is 1.00. The van der Waals surface area contributed by atoms with Crippen molar-refractivity contribution in [2.45, 2.75) is 0 Å². The lowest BCUT2D eigenvalue weighted by Crippen LogP contribution is -1.25. The van der Waals surface area contributed by atoms with Gasteiger partial charge in [-0.15, -0.1) is 12.4 Å². The van der Waals surface area contributed by atoms with Crippen molar-refractivity contribution in [2.24, 2.45) is 0 Å². The average Bonchev–Trinajstić information content (AvgIpc) is 1.00. The fourth-order valence-corrected chi connectivity index (χ4v) is 0. The Morgan fingerprint density at radius 3 is 1.00 bits per heavy atom. The third-order valence-electron chi connectivity index (χ3n) is 0. The normalized spacial score (nSPS) is 1.20. The molecule has 0 saturated carbocycles. The first kappa shape index (κ1) is 65.7. The summed E-state index contributed by atoms with van der Waals surface area (Å²) in [6.07, 6.45) is 0. The molecule has 0 amide bonds. The molecule has 3 nitrogen and oxygen atoms in total. The molecule has 0 aromatic carbocycles. The minimum atomic E-state index is 0. The zero-order valence-corrected chi connectivity index (χ0v) is 3.67. The highest BCUT2D eigenvalue weighted by Crippen LogP contribution is 0.755. The Bertz CT molecular complexity index is 6.85. The molecule has 38 valence electrons. The molecule has 0 atom stereocenters. The third kappa shape index (κ3) is 679. The van der Waals surface area contributed by atoms with Gasteiger partial charge in [-0.05, 0) is 0 Å². The molecule has 4 heteroatoms. The third-order valence-corrected chi connectivity index (χ3v) is 0. The van der Waals surface area contributed by atoms with Gasteiger partial charge in [-0.3, -0.25) is 0 Å². The van der Waals surface area contributed by atoms with Gasteiger partial charge in [0.05, 0.1) is 0 Å². The largest absolute Gasteiger partial charge is 0.412 e. The van der Waals surface area contributed by atoms with Crippen molar-refractivity contribution in [3.63, 3.8) is 0 Å². The molecule has 0 aliphatic rings. The fourth-order valence-electron chi connectivity index (χ4n) is 0. The maximum Gasteiger partial charge on any atom is 0.0319 e. The number of hydrogen-bond donors (Lipinski definition) is 1. The molecule has 0 saturated heterocycles. The van der Waals surface area contributed by atoms with E-state index in [0.717, 1.165) is 7.11 Å². The second-order valence-electron chi connectivity index (χ2n) is 0. The first-order valence-electron chi connectivity index (χ1n) is 0.447. The number of halogens is 1. The highest BCUT2D eigenvalue weighted by molar-refractivity contribution is 5.85. The van der Waals surface area contributed by atoms with Crippen LogP contribution in [0, 0.1) is 0 Å². The van der Waals surface area contributed by atoms with Crippen LogP contribution in [-0.2, 0) is 0 Å². The maximum absolute atomic E-state index is 7.00. The Kier molecular flexibility index (Phi) is 19000. The lowest BCUT2D eigenvalue weighted by atomic mass is 11.8. The van der Waals surface area contributed by atoms with E-state index in [2.05, 4.69) is 0 Å². The van der Waals surface area contributed by atoms with E-state index in [1.54, 1.807) is 0 Å². The summed E-state index contributed by atoms with van der Waals surface area (Å²) >= 11 is 0. The van der Waals surface area contributed by atoms with Crippen LogP contribution in [0.4, 0.5) is 0 Å². The van der Waals surface area contributed by atoms with Crippen molar-refractivity contribution in [1.29, 1.82) is 0 Å². The number of aliphatic hydroxyl groups is 1. The Labute approximate surface area is 36.6 Å². The van der Waals surface area contributed by atoms with Gasteiger partial charge in [0, 0.05) is 7.11 Å². The number of aliphatic hydroxyl groups excluding tert-OH is 1. The molecule has 0 spiro atoms. The van der Waals surface area contributed by atoms with Crippen LogP contribution in [0.3, 0.4) is 0 Å². The quantitative estimate of drug-likeness (QED) is 0.394. The topological polar surface area (TPSA) is 83.2 Å². The highest BCUT2D eigenvalue weighted by Gasteiger charge is 0.839. The minimum Gasteiger partial charge on any atom is -0.412 e. The molecule has 0 radical (unpaired) electrons. The first-order chi connectivity index (χ1) is 1.00. The zero-order chi connectivity index (χ0) is 2.00. The molecule has 5 heavy (non-hydrogen) atoms. The molecule has 0 unspecified atom stereocenters. The number of rotatable bonds is 0. The van der Waals surface area contributed by atoms with Crippen LogP contribution in [0.2, 0.25) is 0 Å². The van der Waals surface area contributed by atoms with Gasteiger partial charge in [-0.1, -0.05) is 0 Å². The van der Waals surface area contributed by atoms with E-state index >= 15 is 0 Å². The summed E-state index contributed by atoms with van der Waals surface area (Å²) in [5.41, 5.74) is 0. The van der Waals surface area contributed by atoms with Crippen LogP contribution in [-0.4, -0.2) is 23.2 Å². The Hall–Kier alpha value is 0.170. The molecule has 5 N–H and O–H groups in total. The lowest BCUT2D eigenvalue weighted by molar-refractivity contribution is 0.399. The smallest absolute Gasteiger partial charge is 0.0319 e. The zero-order valence-electron chi connectivity index (χ0n) is 2.86. The summed E-state index contributed by atoms with van der Waals surface area (Å²) in [4.78, 5) is 0. The maximum atomic E-state index is 7.00. The lowest BCUT2D eigenvalue weighted by Gasteiger charge is -1.21. The van der Waals surface area contributed by atoms with Gasteiger partial charge >= 0.3 is 0 Å². The average molecular weight is 105 g/mol. The van der Waals surface area contributed by atoms with Crippen LogP contribution in [0.15, 0.2) is 0 Å². The Morgan fingerprint density at radius 2 is 1.00 bits per heavy atom. The van der Waals surface area contributed by atoms with Crippen LogP contribution in [0.1, 0.15) is 0 Å². The summed E-state index contributed by atoms with van der Waals surface area (Å²) < 4.78 is 0. The van der Waals surface area contributed by atoms with Gasteiger partial charge in [-0.2, -0.15) is 0 Å². The first-order valence-corrected chi connectivity index (χ1v) is 0.447. The summed E-state index contributed by atoms with van der Waals surface area (Å²) in [5, 5.41) is 7.00. The van der Waals surface area contributed by atoms with E-state index in [1.807, 2.05) is 0 Å². The van der Waals surface area contributed by atoms with Crippen LogP contribution in [0.25, 0.3) is 0 Å². The molecule has 0 aliphatic heterocycles. The summed E-state index contributed by atoms with van der Waals surface area (Å²) in [6, 6.07) is 0. The molecule has 0 fully saturated rings. The Balaban J connectivity index is -0.00000000167. The van der Waals surface area contributed by atoms with Crippen molar-refractivity contribution in [3.05, 3.63) is 0 Å². The predicted octanol–water partition coefficient (Wildman–Crippen LogP) is -1.62. The van der Waals surface area contributed by atoms with Crippen molar-refractivity contribution >= 4 is 12.4 Å². The van der Waals surface area contributed by atoms with Gasteiger partial charge in [0.1, 0.15) is 0 Å². The molecule has 0 aromatic heterocycles.